The van der Waals surface area contributed by atoms with Gasteiger partial charge in [-0.15, -0.1) is 5.10 Å². The minimum absolute atomic E-state index is 0.128. The number of nitrogens with zero attached hydrogens (tertiary/aromatic N) is 6. The first kappa shape index (κ1) is 24.6. The van der Waals surface area contributed by atoms with Crippen LogP contribution in [0.4, 0.5) is 4.39 Å². The smallest absolute Gasteiger partial charge is 0.173 e. The van der Waals surface area contributed by atoms with Crippen LogP contribution < -0.4 is 9.47 Å². The third kappa shape index (κ3) is 5.37. The van der Waals surface area contributed by atoms with Gasteiger partial charge >= 0.3 is 0 Å². The van der Waals surface area contributed by atoms with Crippen molar-refractivity contribution in [3.8, 4) is 11.5 Å². The van der Waals surface area contributed by atoms with Gasteiger partial charge in [0.15, 0.2) is 17.3 Å². The quantitative estimate of drug-likeness (QED) is 0.449. The van der Waals surface area contributed by atoms with E-state index in [2.05, 4.69) is 25.3 Å². The Labute approximate surface area is 212 Å². The van der Waals surface area contributed by atoms with Crippen LogP contribution >= 0.6 is 0 Å². The Morgan fingerprint density at radius 3 is 2.36 bits per heavy atom. The predicted octanol–water partition coefficient (Wildman–Crippen LogP) is 3.72. The minimum atomic E-state index is -0.239. The Balaban J connectivity index is 1.35. The highest BCUT2D eigenvalue weighted by molar-refractivity contribution is 5.42. The standard InChI is InChI=1S/C27H35FN6O2/c1-35-24-12-7-20(19-25(24)36-2)13-14-34-27(29-30-31-34)26(21-8-10-22(28)11-9-21)33-17-15-32(16-18-33)23-5-3-4-6-23/h7-12,19,23,26H,3-6,13-18H2,1-2H3/t26-/m0/s1. The molecular formula is C27H35FN6O2. The topological polar surface area (TPSA) is 68.5 Å². The van der Waals surface area contributed by atoms with E-state index in [9.17, 15) is 4.39 Å². The number of aromatic nitrogens is 4. The van der Waals surface area contributed by atoms with Crippen LogP contribution in [-0.2, 0) is 13.0 Å². The molecule has 2 fully saturated rings. The van der Waals surface area contributed by atoms with Gasteiger partial charge in [0.05, 0.1) is 20.3 Å². The molecule has 1 saturated heterocycles. The zero-order chi connectivity index (χ0) is 24.9. The summed E-state index contributed by atoms with van der Waals surface area (Å²) in [6, 6.07) is 13.3. The van der Waals surface area contributed by atoms with Gasteiger partial charge in [0.2, 0.25) is 0 Å². The lowest BCUT2D eigenvalue weighted by Crippen LogP contribution is -2.51. The lowest BCUT2D eigenvalue weighted by Gasteiger charge is -2.41. The molecule has 0 radical (unpaired) electrons. The molecule has 0 spiro atoms. The van der Waals surface area contributed by atoms with E-state index in [0.29, 0.717) is 18.0 Å². The summed E-state index contributed by atoms with van der Waals surface area (Å²) in [5.74, 6) is 1.96. The number of tetrazole rings is 1. The first-order valence-electron chi connectivity index (χ1n) is 12.9. The third-order valence-corrected chi connectivity index (χ3v) is 7.61. The van der Waals surface area contributed by atoms with Crippen molar-refractivity contribution in [1.29, 1.82) is 0 Å². The van der Waals surface area contributed by atoms with E-state index in [0.717, 1.165) is 55.6 Å². The highest BCUT2D eigenvalue weighted by atomic mass is 19.1. The molecule has 2 aromatic carbocycles. The molecule has 0 bridgehead atoms. The summed E-state index contributed by atoms with van der Waals surface area (Å²) >= 11 is 0. The molecule has 5 rings (SSSR count). The molecule has 36 heavy (non-hydrogen) atoms. The zero-order valence-electron chi connectivity index (χ0n) is 21.1. The molecule has 9 heteroatoms. The molecule has 3 aromatic rings. The van der Waals surface area contributed by atoms with E-state index in [4.69, 9.17) is 9.47 Å². The largest absolute Gasteiger partial charge is 0.493 e. The fourth-order valence-electron chi connectivity index (χ4n) is 5.64. The van der Waals surface area contributed by atoms with E-state index < -0.39 is 0 Å². The molecule has 1 saturated carbocycles. The maximum atomic E-state index is 13.8. The number of aryl methyl sites for hydroxylation is 2. The fourth-order valence-corrected chi connectivity index (χ4v) is 5.64. The van der Waals surface area contributed by atoms with Gasteiger partial charge in [-0.25, -0.2) is 9.07 Å². The molecule has 2 aliphatic rings. The molecule has 1 aliphatic heterocycles. The number of rotatable bonds is 9. The van der Waals surface area contributed by atoms with Gasteiger partial charge in [-0.05, 0) is 65.1 Å². The summed E-state index contributed by atoms with van der Waals surface area (Å²) in [5.41, 5.74) is 2.12. The lowest BCUT2D eigenvalue weighted by atomic mass is 10.0. The van der Waals surface area contributed by atoms with Gasteiger partial charge < -0.3 is 9.47 Å². The minimum Gasteiger partial charge on any atom is -0.493 e. The monoisotopic (exact) mass is 494 g/mol. The van der Waals surface area contributed by atoms with E-state index in [1.54, 1.807) is 14.2 Å². The summed E-state index contributed by atoms with van der Waals surface area (Å²) in [6.07, 6.45) is 6.06. The van der Waals surface area contributed by atoms with E-state index in [-0.39, 0.29) is 11.9 Å². The summed E-state index contributed by atoms with van der Waals surface area (Å²) in [5, 5.41) is 12.8. The van der Waals surface area contributed by atoms with Crippen molar-refractivity contribution >= 4 is 0 Å². The third-order valence-electron chi connectivity index (χ3n) is 7.61. The Morgan fingerprint density at radius 1 is 0.944 bits per heavy atom. The van der Waals surface area contributed by atoms with Crippen LogP contribution in [0.2, 0.25) is 0 Å². The molecule has 0 unspecified atom stereocenters. The second-order valence-corrected chi connectivity index (χ2v) is 9.66. The van der Waals surface area contributed by atoms with Crippen molar-refractivity contribution in [1.82, 2.24) is 30.0 Å². The number of benzene rings is 2. The Bertz CT molecular complexity index is 1120. The summed E-state index contributed by atoms with van der Waals surface area (Å²) in [7, 11) is 3.27. The van der Waals surface area contributed by atoms with Gasteiger partial charge in [-0.1, -0.05) is 31.0 Å². The van der Waals surface area contributed by atoms with Crippen LogP contribution in [0.5, 0.6) is 11.5 Å². The summed E-state index contributed by atoms with van der Waals surface area (Å²) in [6.45, 7) is 4.56. The average molecular weight is 495 g/mol. The van der Waals surface area contributed by atoms with Crippen molar-refractivity contribution in [2.75, 3.05) is 40.4 Å². The van der Waals surface area contributed by atoms with Crippen LogP contribution in [0.1, 0.15) is 48.7 Å². The molecule has 2 heterocycles. The number of hydrogen-bond donors (Lipinski definition) is 0. The van der Waals surface area contributed by atoms with E-state index >= 15 is 0 Å². The molecule has 1 aliphatic carbocycles. The first-order chi connectivity index (χ1) is 17.7. The van der Waals surface area contributed by atoms with Crippen molar-refractivity contribution < 1.29 is 13.9 Å². The molecule has 192 valence electrons. The Morgan fingerprint density at radius 2 is 1.67 bits per heavy atom. The highest BCUT2D eigenvalue weighted by Gasteiger charge is 2.33. The second kappa shape index (κ2) is 11.3. The van der Waals surface area contributed by atoms with Gasteiger partial charge in [-0.3, -0.25) is 9.80 Å². The maximum Gasteiger partial charge on any atom is 0.173 e. The van der Waals surface area contributed by atoms with Crippen LogP contribution in [0, 0.1) is 5.82 Å². The number of hydrogen-bond acceptors (Lipinski definition) is 7. The highest BCUT2D eigenvalue weighted by Crippen LogP contribution is 2.31. The lowest BCUT2D eigenvalue weighted by molar-refractivity contribution is 0.0770. The van der Waals surface area contributed by atoms with Gasteiger partial charge in [0, 0.05) is 38.8 Å². The summed E-state index contributed by atoms with van der Waals surface area (Å²) in [4.78, 5) is 5.09. The Hall–Kier alpha value is -3.04. The Kier molecular flexibility index (Phi) is 7.77. The fraction of sp³-hybridized carbons (Fsp3) is 0.519. The molecule has 0 amide bonds. The van der Waals surface area contributed by atoms with Crippen LogP contribution in [0.3, 0.4) is 0 Å². The van der Waals surface area contributed by atoms with Crippen molar-refractivity contribution in [2.45, 2.75) is 50.7 Å². The van der Waals surface area contributed by atoms with Crippen molar-refractivity contribution in [2.24, 2.45) is 0 Å². The van der Waals surface area contributed by atoms with Gasteiger partial charge in [0.1, 0.15) is 5.82 Å². The van der Waals surface area contributed by atoms with Gasteiger partial charge in [-0.2, -0.15) is 0 Å². The van der Waals surface area contributed by atoms with Crippen molar-refractivity contribution in [3.05, 3.63) is 65.2 Å². The molecule has 1 aromatic heterocycles. The number of halogens is 1. The van der Waals surface area contributed by atoms with Crippen LogP contribution in [-0.4, -0.2) is 76.4 Å². The molecule has 0 N–H and O–H groups in total. The van der Waals surface area contributed by atoms with E-state index in [1.165, 1.54) is 37.8 Å². The molecule has 8 nitrogen and oxygen atoms in total. The van der Waals surface area contributed by atoms with Crippen LogP contribution in [0.25, 0.3) is 0 Å². The number of methoxy groups -OCH3 is 2. The SMILES string of the molecule is COc1ccc(CCn2nnnc2[C@H](c2ccc(F)cc2)N2CCN(C3CCCC3)CC2)cc1OC. The second-order valence-electron chi connectivity index (χ2n) is 9.66. The van der Waals surface area contributed by atoms with E-state index in [1.807, 2.05) is 35.0 Å². The summed E-state index contributed by atoms with van der Waals surface area (Å²) < 4.78 is 26.5. The zero-order valence-corrected chi connectivity index (χ0v) is 21.1. The normalized spacial score (nSPS) is 18.4. The van der Waals surface area contributed by atoms with Gasteiger partial charge in [0.25, 0.3) is 0 Å². The number of piperazine rings is 1. The maximum absolute atomic E-state index is 13.8. The average Bonchev–Trinajstić information content (AvgIpc) is 3.62. The first-order valence-corrected chi connectivity index (χ1v) is 12.9. The van der Waals surface area contributed by atoms with Crippen molar-refractivity contribution in [3.63, 3.8) is 0 Å². The molecule has 1 atom stereocenters. The molecular weight excluding hydrogens is 459 g/mol. The van der Waals surface area contributed by atoms with Crippen LogP contribution in [0.15, 0.2) is 42.5 Å². The predicted molar refractivity (Wildman–Crippen MR) is 135 cm³/mol. The number of ether oxygens (including phenoxy) is 2.